The summed E-state index contributed by atoms with van der Waals surface area (Å²) >= 11 is 12.7. The Morgan fingerprint density at radius 1 is 1.08 bits per heavy atom. The number of hydrogen-bond acceptors (Lipinski definition) is 3. The van der Waals surface area contributed by atoms with Gasteiger partial charge in [0.05, 0.1) is 23.5 Å². The Hall–Kier alpha value is -2.17. The van der Waals surface area contributed by atoms with E-state index in [1.807, 2.05) is 35.0 Å². The molecule has 2 aromatic carbocycles. The minimum atomic E-state index is 0.618. The number of ether oxygens (including phenoxy) is 1. The molecule has 0 fully saturated rings. The highest BCUT2D eigenvalue weighted by atomic mass is 35.5. The molecule has 1 aliphatic rings. The third-order valence-electron chi connectivity index (χ3n) is 4.63. The molecule has 3 aromatic rings. The van der Waals surface area contributed by atoms with Gasteiger partial charge in [-0.2, -0.15) is 5.10 Å². The largest absolute Gasteiger partial charge is 0.497 e. The predicted molar refractivity (Wildman–Crippen MR) is 107 cm³/mol. The number of fused-ring (bicyclic) bond motifs is 1. The van der Waals surface area contributed by atoms with E-state index in [1.54, 1.807) is 19.2 Å². The van der Waals surface area contributed by atoms with E-state index < -0.39 is 0 Å². The molecule has 0 unspecified atom stereocenters. The van der Waals surface area contributed by atoms with E-state index in [0.717, 1.165) is 54.3 Å². The van der Waals surface area contributed by atoms with Crippen LogP contribution < -0.4 is 10.1 Å². The van der Waals surface area contributed by atoms with Crippen LogP contribution in [0.25, 0.3) is 16.9 Å². The first-order valence-corrected chi connectivity index (χ1v) is 9.38. The molecule has 0 amide bonds. The lowest BCUT2D eigenvalue weighted by Crippen LogP contribution is -2.07. The van der Waals surface area contributed by atoms with Gasteiger partial charge in [0.15, 0.2) is 0 Å². The van der Waals surface area contributed by atoms with Gasteiger partial charge in [-0.15, -0.1) is 0 Å². The zero-order chi connectivity index (χ0) is 18.1. The number of benzene rings is 2. The molecule has 4 nitrogen and oxygen atoms in total. The van der Waals surface area contributed by atoms with Crippen molar-refractivity contribution in [2.45, 2.75) is 19.3 Å². The van der Waals surface area contributed by atoms with Crippen molar-refractivity contribution in [2.75, 3.05) is 19.0 Å². The first-order chi connectivity index (χ1) is 12.7. The van der Waals surface area contributed by atoms with Gasteiger partial charge in [-0.1, -0.05) is 23.2 Å². The summed E-state index contributed by atoms with van der Waals surface area (Å²) in [7, 11) is 1.67. The molecule has 6 heteroatoms. The van der Waals surface area contributed by atoms with E-state index in [4.69, 9.17) is 33.0 Å². The van der Waals surface area contributed by atoms with Crippen LogP contribution in [0.2, 0.25) is 10.0 Å². The molecule has 2 heterocycles. The summed E-state index contributed by atoms with van der Waals surface area (Å²) in [5, 5.41) is 9.68. The second-order valence-corrected chi connectivity index (χ2v) is 7.14. The summed E-state index contributed by atoms with van der Waals surface area (Å²) in [4.78, 5) is 0. The van der Waals surface area contributed by atoms with E-state index >= 15 is 0 Å². The maximum absolute atomic E-state index is 6.45. The van der Waals surface area contributed by atoms with Gasteiger partial charge >= 0.3 is 0 Å². The summed E-state index contributed by atoms with van der Waals surface area (Å²) in [6, 6.07) is 13.4. The van der Waals surface area contributed by atoms with Crippen LogP contribution in [0, 0.1) is 0 Å². The number of rotatable bonds is 3. The van der Waals surface area contributed by atoms with Crippen molar-refractivity contribution in [3.63, 3.8) is 0 Å². The Kier molecular flexibility index (Phi) is 4.79. The quantitative estimate of drug-likeness (QED) is 0.635. The fraction of sp³-hybridized carbons (Fsp3) is 0.250. The van der Waals surface area contributed by atoms with Crippen molar-refractivity contribution in [1.82, 2.24) is 9.78 Å². The second kappa shape index (κ2) is 7.22. The fourth-order valence-electron chi connectivity index (χ4n) is 3.31. The normalized spacial score (nSPS) is 13.7. The number of aromatic nitrogens is 2. The van der Waals surface area contributed by atoms with E-state index in [2.05, 4.69) is 5.32 Å². The topological polar surface area (TPSA) is 39.1 Å². The summed E-state index contributed by atoms with van der Waals surface area (Å²) in [6.45, 7) is 0.916. The smallest absolute Gasteiger partial charge is 0.133 e. The molecule has 4 rings (SSSR count). The molecule has 134 valence electrons. The molecule has 0 saturated heterocycles. The molecule has 0 aliphatic carbocycles. The third kappa shape index (κ3) is 3.15. The zero-order valence-corrected chi connectivity index (χ0v) is 15.9. The molecule has 1 aromatic heterocycles. The van der Waals surface area contributed by atoms with Crippen molar-refractivity contribution in [1.29, 1.82) is 0 Å². The number of methoxy groups -OCH3 is 1. The monoisotopic (exact) mass is 387 g/mol. The molecule has 0 radical (unpaired) electrons. The second-order valence-electron chi connectivity index (χ2n) is 6.30. The van der Waals surface area contributed by atoms with E-state index in [9.17, 15) is 0 Å². The Bertz CT molecular complexity index is 935. The Morgan fingerprint density at radius 3 is 2.65 bits per heavy atom. The van der Waals surface area contributed by atoms with Gasteiger partial charge in [-0.25, -0.2) is 4.68 Å². The average molecular weight is 388 g/mol. The van der Waals surface area contributed by atoms with Crippen LogP contribution in [0.1, 0.15) is 18.4 Å². The predicted octanol–water partition coefficient (Wildman–Crippen LogP) is 5.60. The molecule has 0 atom stereocenters. The van der Waals surface area contributed by atoms with Crippen molar-refractivity contribution >= 4 is 29.0 Å². The van der Waals surface area contributed by atoms with Crippen LogP contribution in [0.5, 0.6) is 5.75 Å². The summed E-state index contributed by atoms with van der Waals surface area (Å²) in [5.74, 6) is 1.83. The van der Waals surface area contributed by atoms with Crippen LogP contribution in [-0.2, 0) is 6.42 Å². The van der Waals surface area contributed by atoms with Gasteiger partial charge < -0.3 is 10.1 Å². The number of hydrogen-bond donors (Lipinski definition) is 1. The van der Waals surface area contributed by atoms with Gasteiger partial charge in [-0.3, -0.25) is 0 Å². The molecule has 0 saturated carbocycles. The van der Waals surface area contributed by atoms with Crippen molar-refractivity contribution in [3.05, 3.63) is 58.1 Å². The van der Waals surface area contributed by atoms with Crippen LogP contribution >= 0.6 is 23.2 Å². The maximum Gasteiger partial charge on any atom is 0.133 e. The van der Waals surface area contributed by atoms with Gasteiger partial charge in [-0.05, 0) is 61.7 Å². The fourth-order valence-corrected chi connectivity index (χ4v) is 3.67. The number of nitrogens with zero attached hydrogens (tertiary/aromatic N) is 2. The highest BCUT2D eigenvalue weighted by Crippen LogP contribution is 2.36. The number of nitrogens with one attached hydrogen (secondary N) is 1. The van der Waals surface area contributed by atoms with Crippen LogP contribution in [0.4, 0.5) is 5.82 Å². The van der Waals surface area contributed by atoms with Crippen molar-refractivity contribution < 1.29 is 4.74 Å². The molecule has 1 N–H and O–H groups in total. The number of halogens is 2. The Balaban J connectivity index is 1.90. The van der Waals surface area contributed by atoms with Crippen LogP contribution in [0.15, 0.2) is 42.5 Å². The molecular formula is C20H19Cl2N3O. The van der Waals surface area contributed by atoms with E-state index in [0.29, 0.717) is 10.0 Å². The van der Waals surface area contributed by atoms with E-state index in [-0.39, 0.29) is 0 Å². The Labute approximate surface area is 162 Å². The maximum atomic E-state index is 6.45. The molecule has 0 spiro atoms. The third-order valence-corrected chi connectivity index (χ3v) is 5.18. The lowest BCUT2D eigenvalue weighted by molar-refractivity contribution is 0.415. The SMILES string of the molecule is COc1ccc(-c2nn(-c3cc(Cl)ccc3Cl)c3c2CCCCN3)cc1. The van der Waals surface area contributed by atoms with Gasteiger partial charge in [0.1, 0.15) is 11.6 Å². The molecular weight excluding hydrogens is 369 g/mol. The Morgan fingerprint density at radius 2 is 1.88 bits per heavy atom. The summed E-state index contributed by atoms with van der Waals surface area (Å²) in [6.07, 6.45) is 3.22. The van der Waals surface area contributed by atoms with E-state index in [1.165, 1.54) is 5.56 Å². The first kappa shape index (κ1) is 17.3. The standard InChI is InChI=1S/C20H19Cl2N3O/c1-26-15-8-5-13(6-9-15)19-16-4-2-3-11-23-20(16)25(24-19)18-12-14(21)7-10-17(18)22/h5-10,12,23H,2-4,11H2,1H3. The highest BCUT2D eigenvalue weighted by Gasteiger charge is 2.22. The lowest BCUT2D eigenvalue weighted by Gasteiger charge is -2.11. The minimum absolute atomic E-state index is 0.618. The van der Waals surface area contributed by atoms with Crippen molar-refractivity contribution in [3.8, 4) is 22.7 Å². The minimum Gasteiger partial charge on any atom is -0.497 e. The first-order valence-electron chi connectivity index (χ1n) is 8.63. The molecule has 0 bridgehead atoms. The van der Waals surface area contributed by atoms with Gasteiger partial charge in [0.2, 0.25) is 0 Å². The highest BCUT2D eigenvalue weighted by molar-refractivity contribution is 6.34. The molecule has 1 aliphatic heterocycles. The number of anilines is 1. The van der Waals surface area contributed by atoms with Gasteiger partial charge in [0, 0.05) is 22.7 Å². The van der Waals surface area contributed by atoms with Crippen molar-refractivity contribution in [2.24, 2.45) is 0 Å². The lowest BCUT2D eigenvalue weighted by atomic mass is 10.0. The van der Waals surface area contributed by atoms with Crippen LogP contribution in [0.3, 0.4) is 0 Å². The van der Waals surface area contributed by atoms with Gasteiger partial charge in [0.25, 0.3) is 0 Å². The molecule has 26 heavy (non-hydrogen) atoms. The summed E-state index contributed by atoms with van der Waals surface area (Å²) in [5.41, 5.74) is 4.02. The summed E-state index contributed by atoms with van der Waals surface area (Å²) < 4.78 is 7.15. The zero-order valence-electron chi connectivity index (χ0n) is 14.4. The average Bonchev–Trinajstić information content (AvgIpc) is 2.85. The van der Waals surface area contributed by atoms with Crippen LogP contribution in [-0.4, -0.2) is 23.4 Å².